The minimum atomic E-state index is 0.112. The van der Waals surface area contributed by atoms with Gasteiger partial charge in [0.2, 0.25) is 11.8 Å². The lowest BCUT2D eigenvalue weighted by atomic mass is 10.1. The van der Waals surface area contributed by atoms with Gasteiger partial charge in [-0.1, -0.05) is 26.0 Å². The highest BCUT2D eigenvalue weighted by Gasteiger charge is 2.12. The average molecular weight is 328 g/mol. The van der Waals surface area contributed by atoms with Gasteiger partial charge in [-0.15, -0.1) is 0 Å². The van der Waals surface area contributed by atoms with Gasteiger partial charge in [0.15, 0.2) is 0 Å². The van der Waals surface area contributed by atoms with E-state index >= 15 is 0 Å². The van der Waals surface area contributed by atoms with Crippen LogP contribution in [-0.2, 0) is 17.6 Å². The first-order chi connectivity index (χ1) is 11.5. The smallest absolute Gasteiger partial charge is 0.226 e. The van der Waals surface area contributed by atoms with E-state index in [9.17, 15) is 4.79 Å². The molecule has 0 radical (unpaired) electrons. The Morgan fingerprint density at radius 3 is 2.58 bits per heavy atom. The molecular formula is C20H28N2O2. The number of carbonyl (C=O) groups is 1. The summed E-state index contributed by atoms with van der Waals surface area (Å²) in [5.74, 6) is 1.61. The van der Waals surface area contributed by atoms with Crippen LogP contribution in [0.1, 0.15) is 57.1 Å². The van der Waals surface area contributed by atoms with Crippen LogP contribution in [0.4, 0.5) is 0 Å². The molecule has 1 aromatic carbocycles. The Balaban J connectivity index is 1.92. The van der Waals surface area contributed by atoms with Gasteiger partial charge in [0.25, 0.3) is 0 Å². The van der Waals surface area contributed by atoms with Crippen LogP contribution >= 0.6 is 0 Å². The summed E-state index contributed by atoms with van der Waals surface area (Å²) in [6.07, 6.45) is 4.04. The molecule has 0 spiro atoms. The van der Waals surface area contributed by atoms with Gasteiger partial charge in [0.05, 0.1) is 5.69 Å². The SMILES string of the molecule is CCc1ccc(-c2nc(CCCC(=O)NC(C)CC)c(C)o2)cc1. The summed E-state index contributed by atoms with van der Waals surface area (Å²) in [5, 5.41) is 2.99. The molecule has 0 aliphatic rings. The molecule has 0 saturated carbocycles. The number of benzene rings is 1. The Morgan fingerprint density at radius 2 is 1.96 bits per heavy atom. The molecule has 0 fully saturated rings. The van der Waals surface area contributed by atoms with E-state index in [0.717, 1.165) is 42.7 Å². The molecule has 24 heavy (non-hydrogen) atoms. The highest BCUT2D eigenvalue weighted by molar-refractivity contribution is 5.76. The molecule has 2 aromatic rings. The van der Waals surface area contributed by atoms with E-state index in [1.807, 2.05) is 26.0 Å². The molecule has 1 aromatic heterocycles. The zero-order valence-electron chi connectivity index (χ0n) is 15.2. The maximum atomic E-state index is 11.8. The van der Waals surface area contributed by atoms with Gasteiger partial charge in [-0.3, -0.25) is 4.79 Å². The third-order valence-corrected chi connectivity index (χ3v) is 4.34. The van der Waals surface area contributed by atoms with Crippen LogP contribution in [0.25, 0.3) is 11.5 Å². The molecule has 2 rings (SSSR count). The quantitative estimate of drug-likeness (QED) is 0.779. The normalized spacial score (nSPS) is 12.2. The second kappa shape index (κ2) is 8.67. The number of aryl methyl sites for hydroxylation is 3. The Bertz CT molecular complexity index is 659. The van der Waals surface area contributed by atoms with Gasteiger partial charge < -0.3 is 9.73 Å². The lowest BCUT2D eigenvalue weighted by Gasteiger charge is -2.10. The fourth-order valence-electron chi connectivity index (χ4n) is 2.53. The molecule has 1 amide bonds. The van der Waals surface area contributed by atoms with Gasteiger partial charge in [-0.05, 0) is 57.2 Å². The molecule has 0 bridgehead atoms. The summed E-state index contributed by atoms with van der Waals surface area (Å²) in [6.45, 7) is 8.17. The molecule has 4 heteroatoms. The first-order valence-electron chi connectivity index (χ1n) is 8.88. The van der Waals surface area contributed by atoms with E-state index in [1.54, 1.807) is 0 Å². The first kappa shape index (κ1) is 18.2. The van der Waals surface area contributed by atoms with Gasteiger partial charge in [0.1, 0.15) is 5.76 Å². The predicted molar refractivity (Wildman–Crippen MR) is 96.9 cm³/mol. The van der Waals surface area contributed by atoms with Crippen molar-refractivity contribution >= 4 is 5.91 Å². The number of amides is 1. The van der Waals surface area contributed by atoms with E-state index in [4.69, 9.17) is 4.42 Å². The largest absolute Gasteiger partial charge is 0.441 e. The Kier molecular flexibility index (Phi) is 6.59. The van der Waals surface area contributed by atoms with Crippen molar-refractivity contribution in [3.8, 4) is 11.5 Å². The molecule has 0 saturated heterocycles. The van der Waals surface area contributed by atoms with E-state index in [1.165, 1.54) is 5.56 Å². The monoisotopic (exact) mass is 328 g/mol. The van der Waals surface area contributed by atoms with Crippen molar-refractivity contribution in [2.45, 2.75) is 65.8 Å². The van der Waals surface area contributed by atoms with E-state index in [-0.39, 0.29) is 11.9 Å². The zero-order valence-corrected chi connectivity index (χ0v) is 15.2. The van der Waals surface area contributed by atoms with Crippen molar-refractivity contribution in [2.24, 2.45) is 0 Å². The van der Waals surface area contributed by atoms with Gasteiger partial charge in [-0.25, -0.2) is 4.98 Å². The summed E-state index contributed by atoms with van der Waals surface area (Å²) in [5.41, 5.74) is 3.24. The van der Waals surface area contributed by atoms with Crippen LogP contribution in [0.15, 0.2) is 28.7 Å². The van der Waals surface area contributed by atoms with E-state index in [2.05, 4.69) is 36.3 Å². The van der Waals surface area contributed by atoms with Crippen molar-refractivity contribution in [1.29, 1.82) is 0 Å². The number of carbonyl (C=O) groups excluding carboxylic acids is 1. The summed E-state index contributed by atoms with van der Waals surface area (Å²) in [4.78, 5) is 16.4. The highest BCUT2D eigenvalue weighted by atomic mass is 16.4. The molecule has 0 aliphatic heterocycles. The molecule has 1 atom stereocenters. The fraction of sp³-hybridized carbons (Fsp3) is 0.500. The summed E-state index contributed by atoms with van der Waals surface area (Å²) >= 11 is 0. The maximum Gasteiger partial charge on any atom is 0.226 e. The minimum absolute atomic E-state index is 0.112. The predicted octanol–water partition coefficient (Wildman–Crippen LogP) is 4.45. The van der Waals surface area contributed by atoms with Gasteiger partial charge >= 0.3 is 0 Å². The Morgan fingerprint density at radius 1 is 1.25 bits per heavy atom. The fourth-order valence-corrected chi connectivity index (χ4v) is 2.53. The van der Waals surface area contributed by atoms with E-state index < -0.39 is 0 Å². The molecule has 0 aliphatic carbocycles. The number of nitrogens with one attached hydrogen (secondary N) is 1. The van der Waals surface area contributed by atoms with Crippen LogP contribution in [0, 0.1) is 6.92 Å². The van der Waals surface area contributed by atoms with Crippen molar-refractivity contribution in [3.05, 3.63) is 41.3 Å². The molecule has 1 unspecified atom stereocenters. The molecule has 130 valence electrons. The van der Waals surface area contributed by atoms with Crippen LogP contribution in [0.5, 0.6) is 0 Å². The minimum Gasteiger partial charge on any atom is -0.441 e. The summed E-state index contributed by atoms with van der Waals surface area (Å²) < 4.78 is 5.80. The molecular weight excluding hydrogens is 300 g/mol. The third-order valence-electron chi connectivity index (χ3n) is 4.34. The number of aromatic nitrogens is 1. The first-order valence-corrected chi connectivity index (χ1v) is 8.88. The number of hydrogen-bond acceptors (Lipinski definition) is 3. The lowest BCUT2D eigenvalue weighted by molar-refractivity contribution is -0.121. The number of rotatable bonds is 8. The van der Waals surface area contributed by atoms with Gasteiger partial charge in [-0.2, -0.15) is 0 Å². The van der Waals surface area contributed by atoms with Crippen molar-refractivity contribution in [2.75, 3.05) is 0 Å². The Labute approximate surface area is 144 Å². The number of oxazole rings is 1. The number of hydrogen-bond donors (Lipinski definition) is 1. The number of nitrogens with zero attached hydrogens (tertiary/aromatic N) is 1. The molecule has 1 N–H and O–H groups in total. The second-order valence-corrected chi connectivity index (χ2v) is 6.30. The third kappa shape index (κ3) is 4.95. The van der Waals surface area contributed by atoms with Crippen molar-refractivity contribution in [1.82, 2.24) is 10.3 Å². The average Bonchev–Trinajstić information content (AvgIpc) is 2.95. The summed E-state index contributed by atoms with van der Waals surface area (Å²) in [6, 6.07) is 8.55. The van der Waals surface area contributed by atoms with Crippen molar-refractivity contribution < 1.29 is 9.21 Å². The van der Waals surface area contributed by atoms with Crippen molar-refractivity contribution in [3.63, 3.8) is 0 Å². The van der Waals surface area contributed by atoms with Crippen LogP contribution in [-0.4, -0.2) is 16.9 Å². The van der Waals surface area contributed by atoms with Crippen LogP contribution < -0.4 is 5.32 Å². The van der Waals surface area contributed by atoms with Crippen LogP contribution in [0.3, 0.4) is 0 Å². The Hall–Kier alpha value is -2.10. The van der Waals surface area contributed by atoms with Crippen LogP contribution in [0.2, 0.25) is 0 Å². The second-order valence-electron chi connectivity index (χ2n) is 6.30. The zero-order chi connectivity index (χ0) is 17.5. The standard InChI is InChI=1S/C20H28N2O2/c1-5-14(3)21-19(23)9-7-8-18-15(4)24-20(22-18)17-12-10-16(6-2)11-13-17/h10-14H,5-9H2,1-4H3,(H,21,23). The molecule has 4 nitrogen and oxygen atoms in total. The maximum absolute atomic E-state index is 11.8. The lowest BCUT2D eigenvalue weighted by Crippen LogP contribution is -2.31. The van der Waals surface area contributed by atoms with Gasteiger partial charge in [0, 0.05) is 18.0 Å². The highest BCUT2D eigenvalue weighted by Crippen LogP contribution is 2.23. The topological polar surface area (TPSA) is 55.1 Å². The van der Waals surface area contributed by atoms with E-state index in [0.29, 0.717) is 12.3 Å². The summed E-state index contributed by atoms with van der Waals surface area (Å²) in [7, 11) is 0. The molecule has 1 heterocycles.